The first-order chi connectivity index (χ1) is 21.2. The maximum absolute atomic E-state index is 12.4. The first-order valence-corrected chi connectivity index (χ1v) is 15.1. The molecule has 218 valence electrons. The molecule has 0 radical (unpaired) electrons. The number of amides is 1. The number of rotatable bonds is 7. The number of nitrogens with one attached hydrogen (secondary N) is 2. The number of aromatic amines is 1. The summed E-state index contributed by atoms with van der Waals surface area (Å²) in [6.07, 6.45) is 5.95. The number of anilines is 3. The van der Waals surface area contributed by atoms with Crippen LogP contribution in [0.2, 0.25) is 0 Å². The maximum atomic E-state index is 12.4. The zero-order chi connectivity index (χ0) is 29.2. The minimum atomic E-state index is 0.0332. The van der Waals surface area contributed by atoms with E-state index in [4.69, 9.17) is 4.74 Å². The number of H-pyrrole nitrogens is 1. The van der Waals surface area contributed by atoms with E-state index in [1.54, 1.807) is 6.33 Å². The summed E-state index contributed by atoms with van der Waals surface area (Å²) in [6, 6.07) is 23.2. The Bertz CT molecular complexity index is 1730. The fourth-order valence-electron chi connectivity index (χ4n) is 6.10. The predicted octanol–water partition coefficient (Wildman–Crippen LogP) is 6.34. The summed E-state index contributed by atoms with van der Waals surface area (Å²) in [4.78, 5) is 33.9. The van der Waals surface area contributed by atoms with E-state index in [1.807, 2.05) is 24.1 Å². The topological polar surface area (TPSA) is 99.3 Å². The summed E-state index contributed by atoms with van der Waals surface area (Å²) in [5.41, 5.74) is 7.26. The average molecular weight is 574 g/mol. The molecule has 2 saturated heterocycles. The quantitative estimate of drug-likeness (QED) is 0.234. The number of carbonyl (C=O) groups excluding carboxylic acids is 1. The SMILES string of the molecule is CCC(=O)N1CCCC1c1ncc(-c2ccc(-c3ccc4ncnc(Nc5ccc(N6CCOCC6)cc5)c4c3)cc2)[nH]1. The molecule has 7 rings (SSSR count). The Morgan fingerprint density at radius 3 is 2.49 bits per heavy atom. The number of ether oxygens (including phenoxy) is 1. The Morgan fingerprint density at radius 2 is 1.70 bits per heavy atom. The van der Waals surface area contributed by atoms with Gasteiger partial charge in [-0.3, -0.25) is 4.79 Å². The molecular weight excluding hydrogens is 538 g/mol. The number of hydrogen-bond acceptors (Lipinski definition) is 7. The van der Waals surface area contributed by atoms with Gasteiger partial charge in [-0.1, -0.05) is 37.3 Å². The summed E-state index contributed by atoms with van der Waals surface area (Å²) in [6.45, 7) is 6.08. The van der Waals surface area contributed by atoms with Crippen molar-refractivity contribution in [2.45, 2.75) is 32.2 Å². The van der Waals surface area contributed by atoms with Crippen LogP contribution in [0, 0.1) is 0 Å². The van der Waals surface area contributed by atoms with Crippen LogP contribution in [0.4, 0.5) is 17.2 Å². The first kappa shape index (κ1) is 27.1. The fourth-order valence-corrected chi connectivity index (χ4v) is 6.10. The normalized spacial score (nSPS) is 17.0. The van der Waals surface area contributed by atoms with Crippen LogP contribution in [0.3, 0.4) is 0 Å². The van der Waals surface area contributed by atoms with Crippen LogP contribution in [0.5, 0.6) is 0 Å². The molecule has 1 atom stereocenters. The lowest BCUT2D eigenvalue weighted by Gasteiger charge is -2.28. The van der Waals surface area contributed by atoms with Gasteiger partial charge in [0.15, 0.2) is 0 Å². The molecule has 0 saturated carbocycles. The number of carbonyl (C=O) groups is 1. The highest BCUT2D eigenvalue weighted by molar-refractivity contribution is 5.94. The van der Waals surface area contributed by atoms with E-state index in [0.717, 1.165) is 96.3 Å². The molecule has 2 aliphatic rings. The van der Waals surface area contributed by atoms with Crippen LogP contribution >= 0.6 is 0 Å². The van der Waals surface area contributed by atoms with E-state index in [2.05, 4.69) is 90.8 Å². The van der Waals surface area contributed by atoms with Gasteiger partial charge in [0.2, 0.25) is 5.91 Å². The van der Waals surface area contributed by atoms with Crippen LogP contribution in [-0.4, -0.2) is 63.6 Å². The molecule has 1 amide bonds. The molecule has 0 bridgehead atoms. The van der Waals surface area contributed by atoms with Crippen LogP contribution < -0.4 is 10.2 Å². The average Bonchev–Trinajstić information content (AvgIpc) is 3.76. The molecule has 4 heterocycles. The number of nitrogens with zero attached hydrogens (tertiary/aromatic N) is 5. The number of morpholine rings is 1. The van der Waals surface area contributed by atoms with Crippen molar-refractivity contribution < 1.29 is 9.53 Å². The highest BCUT2D eigenvalue weighted by Crippen LogP contribution is 2.33. The highest BCUT2D eigenvalue weighted by atomic mass is 16.5. The summed E-state index contributed by atoms with van der Waals surface area (Å²) in [5.74, 6) is 1.82. The van der Waals surface area contributed by atoms with E-state index in [-0.39, 0.29) is 11.9 Å². The number of benzene rings is 3. The number of aromatic nitrogens is 4. The fraction of sp³-hybridized carbons (Fsp3) is 0.294. The molecule has 1 unspecified atom stereocenters. The van der Waals surface area contributed by atoms with Gasteiger partial charge >= 0.3 is 0 Å². The predicted molar refractivity (Wildman–Crippen MR) is 169 cm³/mol. The molecule has 43 heavy (non-hydrogen) atoms. The van der Waals surface area contributed by atoms with Gasteiger partial charge in [-0.25, -0.2) is 15.0 Å². The van der Waals surface area contributed by atoms with Gasteiger partial charge in [-0.2, -0.15) is 0 Å². The Balaban J connectivity index is 1.09. The van der Waals surface area contributed by atoms with Crippen LogP contribution in [0.1, 0.15) is 38.1 Å². The molecule has 2 fully saturated rings. The Hall–Kier alpha value is -4.76. The van der Waals surface area contributed by atoms with Crippen molar-refractivity contribution in [3.63, 3.8) is 0 Å². The lowest BCUT2D eigenvalue weighted by atomic mass is 10.0. The largest absolute Gasteiger partial charge is 0.378 e. The third-order valence-electron chi connectivity index (χ3n) is 8.46. The van der Waals surface area contributed by atoms with Crippen molar-refractivity contribution in [2.24, 2.45) is 0 Å². The van der Waals surface area contributed by atoms with E-state index < -0.39 is 0 Å². The molecule has 3 aromatic carbocycles. The van der Waals surface area contributed by atoms with Gasteiger partial charge < -0.3 is 24.8 Å². The second-order valence-corrected chi connectivity index (χ2v) is 11.1. The van der Waals surface area contributed by atoms with Gasteiger partial charge in [-0.05, 0) is 65.9 Å². The first-order valence-electron chi connectivity index (χ1n) is 15.1. The molecule has 5 aromatic rings. The Morgan fingerprint density at radius 1 is 0.930 bits per heavy atom. The summed E-state index contributed by atoms with van der Waals surface area (Å²) in [7, 11) is 0. The zero-order valence-electron chi connectivity index (χ0n) is 24.3. The van der Waals surface area contributed by atoms with Gasteiger partial charge in [0.25, 0.3) is 0 Å². The van der Waals surface area contributed by atoms with E-state index in [0.29, 0.717) is 6.42 Å². The second-order valence-electron chi connectivity index (χ2n) is 11.1. The van der Waals surface area contributed by atoms with E-state index in [1.165, 1.54) is 5.69 Å². The van der Waals surface area contributed by atoms with Crippen molar-refractivity contribution >= 4 is 34.0 Å². The molecule has 0 aliphatic carbocycles. The van der Waals surface area contributed by atoms with E-state index in [9.17, 15) is 4.79 Å². The lowest BCUT2D eigenvalue weighted by Crippen LogP contribution is -2.36. The number of likely N-dealkylation sites (tertiary alicyclic amines) is 1. The Labute approximate surface area is 250 Å². The second kappa shape index (κ2) is 11.9. The van der Waals surface area contributed by atoms with Crippen molar-refractivity contribution in [1.29, 1.82) is 0 Å². The van der Waals surface area contributed by atoms with Gasteiger partial charge in [-0.15, -0.1) is 0 Å². The van der Waals surface area contributed by atoms with Crippen molar-refractivity contribution in [3.8, 4) is 22.4 Å². The minimum Gasteiger partial charge on any atom is -0.378 e. The van der Waals surface area contributed by atoms with Gasteiger partial charge in [0.05, 0.1) is 36.7 Å². The Kier molecular flexibility index (Phi) is 7.47. The third-order valence-corrected chi connectivity index (χ3v) is 8.46. The lowest BCUT2D eigenvalue weighted by molar-refractivity contribution is -0.131. The van der Waals surface area contributed by atoms with Crippen molar-refractivity contribution in [3.05, 3.63) is 85.1 Å². The molecule has 2 aromatic heterocycles. The van der Waals surface area contributed by atoms with E-state index >= 15 is 0 Å². The number of imidazole rings is 1. The van der Waals surface area contributed by atoms with Gasteiger partial charge in [0.1, 0.15) is 18.0 Å². The number of fused-ring (bicyclic) bond motifs is 1. The molecule has 9 heteroatoms. The van der Waals surface area contributed by atoms with Crippen LogP contribution in [-0.2, 0) is 9.53 Å². The summed E-state index contributed by atoms with van der Waals surface area (Å²) < 4.78 is 5.48. The molecular formula is C34H35N7O2. The smallest absolute Gasteiger partial charge is 0.222 e. The van der Waals surface area contributed by atoms with Crippen molar-refractivity contribution in [1.82, 2.24) is 24.8 Å². The van der Waals surface area contributed by atoms with Gasteiger partial charge in [0, 0.05) is 42.8 Å². The summed E-state index contributed by atoms with van der Waals surface area (Å²) in [5, 5.41) is 4.46. The third kappa shape index (κ3) is 5.56. The monoisotopic (exact) mass is 573 g/mol. The molecule has 9 nitrogen and oxygen atoms in total. The molecule has 2 aliphatic heterocycles. The standard InChI is InChI=1S/C34H35N7O2/c1-2-32(42)41-15-3-4-31(41)34-35-21-30(39-34)24-7-5-23(6-8-24)25-9-14-29-28(20-25)33(37-22-36-29)38-26-10-12-27(13-11-26)40-16-18-43-19-17-40/h5-14,20-22,31H,2-4,15-19H2,1H3,(H,35,39)(H,36,37,38). The zero-order valence-corrected chi connectivity index (χ0v) is 24.3. The van der Waals surface area contributed by atoms with Crippen molar-refractivity contribution in [2.75, 3.05) is 43.1 Å². The minimum absolute atomic E-state index is 0.0332. The van der Waals surface area contributed by atoms with Crippen LogP contribution in [0.25, 0.3) is 33.3 Å². The number of hydrogen-bond donors (Lipinski definition) is 2. The maximum Gasteiger partial charge on any atom is 0.222 e. The molecule has 2 N–H and O–H groups in total. The molecule has 0 spiro atoms. The highest BCUT2D eigenvalue weighted by Gasteiger charge is 2.31. The van der Waals surface area contributed by atoms with Crippen LogP contribution in [0.15, 0.2) is 79.3 Å². The summed E-state index contributed by atoms with van der Waals surface area (Å²) >= 11 is 0.